The molecule has 0 unspecified atom stereocenters. The highest BCUT2D eigenvalue weighted by Gasteiger charge is 2.28. The minimum Gasteiger partial charge on any atom is -0.393 e. The molecule has 5 heteroatoms. The van der Waals surface area contributed by atoms with E-state index in [0.717, 1.165) is 41.4 Å². The molecular weight excluding hydrogens is 372 g/mol. The Labute approximate surface area is 130 Å². The van der Waals surface area contributed by atoms with Crippen molar-refractivity contribution in [2.24, 2.45) is 0 Å². The van der Waals surface area contributed by atoms with Crippen LogP contribution in [0.5, 0.6) is 0 Å². The zero-order valence-corrected chi connectivity index (χ0v) is 13.9. The normalized spacial score (nSPS) is 27.7. The first-order valence-electron chi connectivity index (χ1n) is 6.77. The van der Waals surface area contributed by atoms with Crippen molar-refractivity contribution in [3.63, 3.8) is 0 Å². The van der Waals surface area contributed by atoms with Gasteiger partial charge in [-0.25, -0.2) is 0 Å². The summed E-state index contributed by atoms with van der Waals surface area (Å²) < 4.78 is 2.21. The number of aliphatic hydroxyl groups is 1. The molecule has 2 aliphatic rings. The maximum absolute atomic E-state index is 9.83. The number of fused-ring (bicyclic) bond motifs is 1. The van der Waals surface area contributed by atoms with Gasteiger partial charge in [0.25, 0.3) is 0 Å². The Kier molecular flexibility index (Phi) is 4.17. The van der Waals surface area contributed by atoms with E-state index >= 15 is 0 Å². The highest BCUT2D eigenvalue weighted by molar-refractivity contribution is 9.11. The molecule has 1 heterocycles. The molecule has 1 saturated carbocycles. The summed E-state index contributed by atoms with van der Waals surface area (Å²) in [5.74, 6) is 0. The predicted octanol–water partition coefficient (Wildman–Crippen LogP) is 3.70. The van der Waals surface area contributed by atoms with Gasteiger partial charge in [0.05, 0.1) is 18.5 Å². The van der Waals surface area contributed by atoms with Crippen LogP contribution in [0, 0.1) is 0 Å². The lowest BCUT2D eigenvalue weighted by Gasteiger charge is -2.39. The highest BCUT2D eigenvalue weighted by Crippen LogP contribution is 2.35. The van der Waals surface area contributed by atoms with E-state index in [9.17, 15) is 5.11 Å². The van der Waals surface area contributed by atoms with Crippen molar-refractivity contribution < 1.29 is 5.11 Å². The van der Waals surface area contributed by atoms with Crippen molar-refractivity contribution in [2.45, 2.75) is 44.4 Å². The molecule has 2 N–H and O–H groups in total. The van der Waals surface area contributed by atoms with Crippen LogP contribution in [0.3, 0.4) is 0 Å². The number of nitrogens with zero attached hydrogens (tertiary/aromatic N) is 1. The molecule has 0 spiro atoms. The molecule has 3 rings (SSSR count). The van der Waals surface area contributed by atoms with E-state index < -0.39 is 0 Å². The molecule has 3 nitrogen and oxygen atoms in total. The molecule has 0 aromatic heterocycles. The first kappa shape index (κ1) is 13.9. The van der Waals surface area contributed by atoms with Crippen LogP contribution in [-0.4, -0.2) is 28.8 Å². The Balaban J connectivity index is 1.78. The fraction of sp³-hybridized carbons (Fsp3) is 0.571. The third-order valence-electron chi connectivity index (χ3n) is 4.10. The topological polar surface area (TPSA) is 35.5 Å². The second-order valence-corrected chi connectivity index (χ2v) is 7.25. The molecule has 2 atom stereocenters. The number of nitrogens with one attached hydrogen (secondary N) is 1. The molecule has 0 saturated heterocycles. The largest absolute Gasteiger partial charge is 0.393 e. The lowest BCUT2D eigenvalue weighted by molar-refractivity contribution is 0.0599. The third-order valence-corrected chi connectivity index (χ3v) is 5.19. The van der Waals surface area contributed by atoms with E-state index in [1.807, 2.05) is 0 Å². The van der Waals surface area contributed by atoms with E-state index in [4.69, 9.17) is 0 Å². The van der Waals surface area contributed by atoms with Crippen molar-refractivity contribution in [1.29, 1.82) is 0 Å². The Hall–Kier alpha value is -0.100. The predicted molar refractivity (Wildman–Crippen MR) is 84.1 cm³/mol. The average molecular weight is 390 g/mol. The Morgan fingerprint density at radius 3 is 2.89 bits per heavy atom. The maximum Gasteiger partial charge on any atom is 0.0684 e. The van der Waals surface area contributed by atoms with Crippen molar-refractivity contribution in [3.8, 4) is 0 Å². The van der Waals surface area contributed by atoms with Crippen LogP contribution >= 0.6 is 31.9 Å². The van der Waals surface area contributed by atoms with E-state index in [1.165, 1.54) is 17.7 Å². The molecule has 0 bridgehead atoms. The van der Waals surface area contributed by atoms with Gasteiger partial charge in [-0.15, -0.1) is 0 Å². The Morgan fingerprint density at radius 2 is 2.11 bits per heavy atom. The molecule has 1 fully saturated rings. The van der Waals surface area contributed by atoms with Crippen LogP contribution in [0.15, 0.2) is 21.1 Å². The van der Waals surface area contributed by atoms with Gasteiger partial charge in [-0.3, -0.25) is 4.90 Å². The van der Waals surface area contributed by atoms with Crippen molar-refractivity contribution >= 4 is 37.5 Å². The summed E-state index contributed by atoms with van der Waals surface area (Å²) in [5.41, 5.74) is 2.52. The zero-order valence-electron chi connectivity index (χ0n) is 10.7. The van der Waals surface area contributed by atoms with Gasteiger partial charge in [0.1, 0.15) is 0 Å². The zero-order chi connectivity index (χ0) is 13.4. The van der Waals surface area contributed by atoms with Gasteiger partial charge in [0.15, 0.2) is 0 Å². The van der Waals surface area contributed by atoms with Crippen LogP contribution in [0.1, 0.15) is 31.2 Å². The molecule has 0 amide bonds. The minimum absolute atomic E-state index is 0.116. The van der Waals surface area contributed by atoms with Gasteiger partial charge in [-0.1, -0.05) is 15.9 Å². The van der Waals surface area contributed by atoms with Gasteiger partial charge in [0.2, 0.25) is 0 Å². The number of hydrogen-bond donors (Lipinski definition) is 2. The molecule has 19 heavy (non-hydrogen) atoms. The summed E-state index contributed by atoms with van der Waals surface area (Å²) in [6.07, 6.45) is 4.09. The van der Waals surface area contributed by atoms with Crippen molar-refractivity contribution in [3.05, 3.63) is 26.6 Å². The van der Waals surface area contributed by atoms with Crippen LogP contribution in [-0.2, 0) is 6.54 Å². The van der Waals surface area contributed by atoms with Crippen LogP contribution in [0.25, 0.3) is 0 Å². The van der Waals surface area contributed by atoms with Gasteiger partial charge in [0, 0.05) is 21.5 Å². The Morgan fingerprint density at radius 1 is 1.26 bits per heavy atom. The molecule has 0 radical (unpaired) electrons. The van der Waals surface area contributed by atoms with Crippen LogP contribution in [0.4, 0.5) is 5.69 Å². The number of aliphatic hydroxyl groups excluding tert-OH is 1. The average Bonchev–Trinajstić information content (AvgIpc) is 2.37. The number of halogens is 2. The first-order valence-corrected chi connectivity index (χ1v) is 8.36. The molecular formula is C14H18Br2N2O. The van der Waals surface area contributed by atoms with Gasteiger partial charge in [-0.05, 0) is 59.3 Å². The molecule has 104 valence electrons. The third kappa shape index (κ3) is 2.99. The van der Waals surface area contributed by atoms with E-state index in [1.54, 1.807) is 0 Å². The maximum atomic E-state index is 9.83. The summed E-state index contributed by atoms with van der Waals surface area (Å²) in [6.45, 7) is 1.82. The molecule has 1 aromatic carbocycles. The molecule has 1 aromatic rings. The molecule has 1 aliphatic carbocycles. The monoisotopic (exact) mass is 388 g/mol. The van der Waals surface area contributed by atoms with E-state index in [0.29, 0.717) is 6.04 Å². The number of hydrogen-bond acceptors (Lipinski definition) is 3. The summed E-state index contributed by atoms with van der Waals surface area (Å²) >= 11 is 7.16. The lowest BCUT2D eigenvalue weighted by atomic mass is 9.91. The molecule has 1 aliphatic heterocycles. The second kappa shape index (κ2) is 5.72. The number of anilines is 1. The van der Waals surface area contributed by atoms with Crippen molar-refractivity contribution in [2.75, 3.05) is 12.0 Å². The summed E-state index contributed by atoms with van der Waals surface area (Å²) in [5, 5.41) is 13.3. The highest BCUT2D eigenvalue weighted by atomic mass is 79.9. The summed E-state index contributed by atoms with van der Waals surface area (Å²) in [6, 6.07) is 4.76. The lowest BCUT2D eigenvalue weighted by Crippen LogP contribution is -2.44. The SMILES string of the molecule is O[C@H]1CCC[C@H](N2CNc3c(Br)cc(Br)cc3C2)C1. The fourth-order valence-electron chi connectivity index (χ4n) is 3.13. The summed E-state index contributed by atoms with van der Waals surface area (Å²) in [7, 11) is 0. The quantitative estimate of drug-likeness (QED) is 0.768. The standard InChI is InChI=1S/C14H18Br2N2O/c15-10-4-9-7-18(8-17-14(9)13(16)5-10)11-2-1-3-12(19)6-11/h4-5,11-12,17,19H,1-3,6-8H2/t11-,12-/m0/s1. The number of benzene rings is 1. The fourth-order valence-corrected chi connectivity index (χ4v) is 4.59. The van der Waals surface area contributed by atoms with Gasteiger partial charge < -0.3 is 10.4 Å². The summed E-state index contributed by atoms with van der Waals surface area (Å²) in [4.78, 5) is 2.45. The smallest absolute Gasteiger partial charge is 0.0684 e. The first-order chi connectivity index (χ1) is 9.13. The van der Waals surface area contributed by atoms with Crippen molar-refractivity contribution in [1.82, 2.24) is 4.90 Å². The Bertz CT molecular complexity index is 481. The minimum atomic E-state index is -0.116. The van der Waals surface area contributed by atoms with E-state index in [-0.39, 0.29) is 6.10 Å². The van der Waals surface area contributed by atoms with Crippen LogP contribution in [0.2, 0.25) is 0 Å². The second-order valence-electron chi connectivity index (χ2n) is 5.48. The van der Waals surface area contributed by atoms with E-state index in [2.05, 4.69) is 54.2 Å². The number of rotatable bonds is 1. The van der Waals surface area contributed by atoms with Gasteiger partial charge in [-0.2, -0.15) is 0 Å². The van der Waals surface area contributed by atoms with Gasteiger partial charge >= 0.3 is 0 Å². The van der Waals surface area contributed by atoms with Crippen LogP contribution < -0.4 is 5.32 Å².